The summed E-state index contributed by atoms with van der Waals surface area (Å²) in [7, 11) is -1.44. The van der Waals surface area contributed by atoms with Crippen molar-refractivity contribution in [3.8, 4) is 0 Å². The van der Waals surface area contributed by atoms with Crippen LogP contribution in [0.25, 0.3) is 0 Å². The van der Waals surface area contributed by atoms with Crippen LogP contribution in [0.5, 0.6) is 0 Å². The average Bonchev–Trinajstić information content (AvgIpc) is 2.51. The van der Waals surface area contributed by atoms with Gasteiger partial charge in [0, 0.05) is 25.2 Å². The summed E-state index contributed by atoms with van der Waals surface area (Å²) in [5, 5.41) is 3.03. The molecule has 1 fully saturated rings. The third kappa shape index (κ3) is 4.18. The van der Waals surface area contributed by atoms with Crippen molar-refractivity contribution >= 4 is 22.6 Å². The molecule has 1 rings (SSSR count). The molecule has 7 heteroatoms. The molecule has 16 heavy (non-hydrogen) atoms. The third-order valence-electron chi connectivity index (χ3n) is 2.46. The van der Waals surface area contributed by atoms with Crippen molar-refractivity contribution in [2.45, 2.75) is 38.8 Å². The highest BCUT2D eigenvalue weighted by Crippen LogP contribution is 2.19. The normalized spacial score (nSPS) is 22.4. The zero-order chi connectivity index (χ0) is 11.5. The first kappa shape index (κ1) is 16.1. The van der Waals surface area contributed by atoms with Gasteiger partial charge >= 0.3 is 0 Å². The van der Waals surface area contributed by atoms with Crippen molar-refractivity contribution in [1.29, 1.82) is 0 Å². The minimum absolute atomic E-state index is 0. The van der Waals surface area contributed by atoms with Crippen molar-refractivity contribution < 1.29 is 8.42 Å². The summed E-state index contributed by atoms with van der Waals surface area (Å²) in [4.78, 5) is 0. The average molecular weight is 272 g/mol. The molecule has 1 atom stereocenters. The number of halogens is 1. The second-order valence-corrected chi connectivity index (χ2v) is 5.90. The molecule has 0 aliphatic carbocycles. The first-order chi connectivity index (χ1) is 6.97. The Morgan fingerprint density at radius 1 is 1.44 bits per heavy atom. The van der Waals surface area contributed by atoms with E-state index >= 15 is 0 Å². The number of hydrogen-bond donors (Lipinski definition) is 2. The van der Waals surface area contributed by atoms with E-state index in [0.29, 0.717) is 6.54 Å². The minimum Gasteiger partial charge on any atom is -0.318 e. The van der Waals surface area contributed by atoms with Crippen LogP contribution in [0.15, 0.2) is 0 Å². The molecule has 1 saturated heterocycles. The molecule has 0 radical (unpaired) electrons. The summed E-state index contributed by atoms with van der Waals surface area (Å²) < 4.78 is 28.0. The molecule has 1 unspecified atom stereocenters. The van der Waals surface area contributed by atoms with E-state index in [0.717, 1.165) is 19.4 Å². The van der Waals surface area contributed by atoms with Gasteiger partial charge in [0.25, 0.3) is 10.2 Å². The molecular formula is C9H22ClN3O2S. The van der Waals surface area contributed by atoms with E-state index in [4.69, 9.17) is 0 Å². The predicted molar refractivity (Wildman–Crippen MR) is 68.1 cm³/mol. The molecule has 2 N–H and O–H groups in total. The van der Waals surface area contributed by atoms with Crippen LogP contribution in [0.3, 0.4) is 0 Å². The SMILES string of the molecule is CNCC1CCCN1S(=O)(=O)NC(C)C.Cl. The van der Waals surface area contributed by atoms with E-state index in [-0.39, 0.29) is 24.5 Å². The first-order valence-electron chi connectivity index (χ1n) is 5.41. The van der Waals surface area contributed by atoms with Crippen LogP contribution >= 0.6 is 12.4 Å². The molecular weight excluding hydrogens is 250 g/mol. The summed E-state index contributed by atoms with van der Waals surface area (Å²) in [5.74, 6) is 0. The number of nitrogens with one attached hydrogen (secondary N) is 2. The van der Waals surface area contributed by atoms with Gasteiger partial charge in [-0.2, -0.15) is 17.4 Å². The smallest absolute Gasteiger partial charge is 0.279 e. The highest BCUT2D eigenvalue weighted by Gasteiger charge is 2.33. The van der Waals surface area contributed by atoms with E-state index in [1.165, 1.54) is 0 Å². The molecule has 98 valence electrons. The fourth-order valence-electron chi connectivity index (χ4n) is 1.93. The lowest BCUT2D eigenvalue weighted by molar-refractivity contribution is 0.370. The lowest BCUT2D eigenvalue weighted by atomic mass is 10.2. The molecule has 0 aromatic rings. The standard InChI is InChI=1S/C9H21N3O2S.ClH/c1-8(2)11-15(13,14)12-6-4-5-9(12)7-10-3;/h8-11H,4-7H2,1-3H3;1H. The molecule has 0 spiro atoms. The topological polar surface area (TPSA) is 61.4 Å². The number of hydrogen-bond acceptors (Lipinski definition) is 3. The number of rotatable bonds is 5. The first-order valence-corrected chi connectivity index (χ1v) is 6.85. The molecule has 0 amide bonds. The lowest BCUT2D eigenvalue weighted by Gasteiger charge is -2.25. The minimum atomic E-state index is -3.29. The molecule has 5 nitrogen and oxygen atoms in total. The Balaban J connectivity index is 0.00000225. The summed E-state index contributed by atoms with van der Waals surface area (Å²) in [6.07, 6.45) is 1.89. The van der Waals surface area contributed by atoms with Gasteiger partial charge in [-0.3, -0.25) is 0 Å². The fourth-order valence-corrected chi connectivity index (χ4v) is 3.60. The van der Waals surface area contributed by atoms with Gasteiger partial charge in [0.15, 0.2) is 0 Å². The maximum Gasteiger partial charge on any atom is 0.279 e. The van der Waals surface area contributed by atoms with E-state index in [9.17, 15) is 8.42 Å². The molecule has 0 saturated carbocycles. The van der Waals surface area contributed by atoms with Gasteiger partial charge in [-0.1, -0.05) is 0 Å². The largest absolute Gasteiger partial charge is 0.318 e. The van der Waals surface area contributed by atoms with Gasteiger partial charge in [0.1, 0.15) is 0 Å². The molecule has 1 heterocycles. The summed E-state index contributed by atoms with van der Waals surface area (Å²) in [5.41, 5.74) is 0. The van der Waals surface area contributed by atoms with Crippen LogP contribution < -0.4 is 10.0 Å². The van der Waals surface area contributed by atoms with E-state index in [1.54, 1.807) is 4.31 Å². The van der Waals surface area contributed by atoms with Crippen molar-refractivity contribution in [3.63, 3.8) is 0 Å². The van der Waals surface area contributed by atoms with Crippen LogP contribution in [0, 0.1) is 0 Å². The molecule has 1 aliphatic heterocycles. The molecule has 0 bridgehead atoms. The van der Waals surface area contributed by atoms with Gasteiger partial charge < -0.3 is 5.32 Å². The molecule has 0 aromatic heterocycles. The van der Waals surface area contributed by atoms with Crippen LogP contribution in [0.1, 0.15) is 26.7 Å². The summed E-state index contributed by atoms with van der Waals surface area (Å²) in [6, 6.07) is 0.0529. The van der Waals surface area contributed by atoms with Crippen LogP contribution in [0.2, 0.25) is 0 Å². The van der Waals surface area contributed by atoms with Crippen molar-refractivity contribution in [2.75, 3.05) is 20.1 Å². The van der Waals surface area contributed by atoms with Gasteiger partial charge in [-0.15, -0.1) is 12.4 Å². The van der Waals surface area contributed by atoms with E-state index in [1.807, 2.05) is 20.9 Å². The Morgan fingerprint density at radius 2 is 2.06 bits per heavy atom. The maximum atomic E-state index is 11.9. The fraction of sp³-hybridized carbons (Fsp3) is 1.00. The Hall–Kier alpha value is 0.120. The maximum absolute atomic E-state index is 11.9. The Bertz CT molecular complexity index is 295. The van der Waals surface area contributed by atoms with Gasteiger partial charge in [0.2, 0.25) is 0 Å². The van der Waals surface area contributed by atoms with E-state index in [2.05, 4.69) is 10.0 Å². The van der Waals surface area contributed by atoms with Gasteiger partial charge in [0.05, 0.1) is 0 Å². The predicted octanol–water partition coefficient (Wildman–Crippen LogP) is 0.335. The second-order valence-electron chi connectivity index (χ2n) is 4.24. The Morgan fingerprint density at radius 3 is 2.56 bits per heavy atom. The van der Waals surface area contributed by atoms with Crippen LogP contribution in [-0.2, 0) is 10.2 Å². The van der Waals surface area contributed by atoms with Crippen LogP contribution in [-0.4, -0.2) is 44.9 Å². The third-order valence-corrected chi connectivity index (χ3v) is 4.32. The highest BCUT2D eigenvalue weighted by atomic mass is 35.5. The van der Waals surface area contributed by atoms with Crippen LogP contribution in [0.4, 0.5) is 0 Å². The number of nitrogens with zero attached hydrogens (tertiary/aromatic N) is 1. The zero-order valence-corrected chi connectivity index (χ0v) is 11.7. The Kier molecular flexibility index (Phi) is 6.81. The van der Waals surface area contributed by atoms with Crippen molar-refractivity contribution in [3.05, 3.63) is 0 Å². The zero-order valence-electron chi connectivity index (χ0n) is 10.1. The monoisotopic (exact) mass is 271 g/mol. The van der Waals surface area contributed by atoms with Gasteiger partial charge in [-0.05, 0) is 33.7 Å². The van der Waals surface area contributed by atoms with Crippen molar-refractivity contribution in [1.82, 2.24) is 14.3 Å². The van der Waals surface area contributed by atoms with Gasteiger partial charge in [-0.25, -0.2) is 0 Å². The quantitative estimate of drug-likeness (QED) is 0.758. The van der Waals surface area contributed by atoms with E-state index < -0.39 is 10.2 Å². The summed E-state index contributed by atoms with van der Waals surface area (Å²) >= 11 is 0. The molecule has 0 aromatic carbocycles. The van der Waals surface area contributed by atoms with Crippen molar-refractivity contribution in [2.24, 2.45) is 0 Å². The second kappa shape index (κ2) is 6.76. The highest BCUT2D eigenvalue weighted by molar-refractivity contribution is 7.87. The molecule has 1 aliphatic rings. The summed E-state index contributed by atoms with van der Waals surface area (Å²) in [6.45, 7) is 5.02. The Labute approximate surface area is 105 Å². The number of likely N-dealkylation sites (N-methyl/N-ethyl adjacent to an activating group) is 1. The lowest BCUT2D eigenvalue weighted by Crippen LogP contribution is -2.48.